The molecule has 0 bridgehead atoms. The second kappa shape index (κ2) is 6.96. The maximum absolute atomic E-state index is 14.2. The molecule has 1 aliphatic rings. The van der Waals surface area contributed by atoms with Crippen LogP contribution < -0.4 is 5.32 Å². The van der Waals surface area contributed by atoms with Gasteiger partial charge in [0, 0.05) is 14.9 Å². The molecule has 0 spiro atoms. The zero-order chi connectivity index (χ0) is 17.3. The molecular formula is C16H20FIN2O2S. The van der Waals surface area contributed by atoms with Crippen LogP contribution in [0.1, 0.15) is 39.7 Å². The van der Waals surface area contributed by atoms with Gasteiger partial charge in [0.1, 0.15) is 11.4 Å². The quantitative estimate of drug-likeness (QED) is 0.634. The molecule has 0 saturated carbocycles. The van der Waals surface area contributed by atoms with Crippen LogP contribution in [0, 0.1) is 9.39 Å². The standard InChI is InChI=1S/C16H20FIN2O2S/c1-15(2,3)22-14(21)19-13-20-16(4,7-8-23-13)11-9-10(18)5-6-12(11)17/h5-6,9H,7-8H2,1-4H3,(H,19,20,21)/t16-/m0/s1. The Morgan fingerprint density at radius 1 is 1.48 bits per heavy atom. The smallest absolute Gasteiger partial charge is 0.413 e. The molecule has 0 radical (unpaired) electrons. The number of alkyl carbamates (subject to hydrolysis) is 1. The molecular weight excluding hydrogens is 430 g/mol. The number of nitrogens with zero attached hydrogens (tertiary/aromatic N) is 1. The van der Waals surface area contributed by atoms with Gasteiger partial charge in [-0.2, -0.15) is 0 Å². The van der Waals surface area contributed by atoms with Gasteiger partial charge in [-0.3, -0.25) is 10.3 Å². The highest BCUT2D eigenvalue weighted by Crippen LogP contribution is 2.37. The van der Waals surface area contributed by atoms with E-state index in [-0.39, 0.29) is 5.82 Å². The lowest BCUT2D eigenvalue weighted by Gasteiger charge is -2.31. The molecule has 2 rings (SSSR count). The fraction of sp³-hybridized carbons (Fsp3) is 0.500. The van der Waals surface area contributed by atoms with Gasteiger partial charge >= 0.3 is 6.09 Å². The number of aliphatic imine (C=N–C) groups is 1. The second-order valence-corrected chi connectivity index (χ2v) is 8.87. The Hall–Kier alpha value is -0.830. The molecule has 126 valence electrons. The van der Waals surface area contributed by atoms with Crippen LogP contribution >= 0.6 is 34.4 Å². The van der Waals surface area contributed by atoms with Gasteiger partial charge in [-0.15, -0.1) is 0 Å². The number of carbonyl (C=O) groups excluding carboxylic acids is 1. The Kier molecular flexibility index (Phi) is 5.60. The predicted molar refractivity (Wildman–Crippen MR) is 100 cm³/mol. The van der Waals surface area contributed by atoms with Crippen molar-refractivity contribution in [1.82, 2.24) is 5.32 Å². The van der Waals surface area contributed by atoms with Crippen molar-refractivity contribution >= 4 is 45.6 Å². The molecule has 1 aromatic carbocycles. The lowest BCUT2D eigenvalue weighted by molar-refractivity contribution is 0.0564. The van der Waals surface area contributed by atoms with Crippen molar-refractivity contribution in [3.63, 3.8) is 0 Å². The molecule has 7 heteroatoms. The SMILES string of the molecule is CC(C)(C)OC(=O)NC1=N[C@](C)(c2cc(I)ccc2F)CCS1. The number of amides is 1. The highest BCUT2D eigenvalue weighted by molar-refractivity contribution is 14.1. The van der Waals surface area contributed by atoms with E-state index >= 15 is 0 Å². The van der Waals surface area contributed by atoms with Crippen LogP contribution in [0.3, 0.4) is 0 Å². The number of nitrogens with one attached hydrogen (secondary N) is 1. The van der Waals surface area contributed by atoms with Crippen molar-refractivity contribution in [2.45, 2.75) is 45.3 Å². The molecule has 0 unspecified atom stereocenters. The normalized spacial score (nSPS) is 21.6. The van der Waals surface area contributed by atoms with Gasteiger partial charge in [0.05, 0.1) is 5.54 Å². The molecule has 23 heavy (non-hydrogen) atoms. The topological polar surface area (TPSA) is 50.7 Å². The fourth-order valence-electron chi connectivity index (χ4n) is 2.22. The van der Waals surface area contributed by atoms with Crippen molar-refractivity contribution in [2.24, 2.45) is 4.99 Å². The van der Waals surface area contributed by atoms with E-state index in [1.807, 2.05) is 6.92 Å². The summed E-state index contributed by atoms with van der Waals surface area (Å²) in [4.78, 5) is 16.5. The Bertz CT molecular complexity index is 645. The first kappa shape index (κ1) is 18.5. The second-order valence-electron chi connectivity index (χ2n) is 6.54. The first-order valence-corrected chi connectivity index (χ1v) is 9.34. The molecule has 1 aromatic rings. The summed E-state index contributed by atoms with van der Waals surface area (Å²) < 4.78 is 20.4. The Balaban J connectivity index is 2.23. The summed E-state index contributed by atoms with van der Waals surface area (Å²) in [6.07, 6.45) is 0.157. The lowest BCUT2D eigenvalue weighted by atomic mass is 9.89. The summed E-state index contributed by atoms with van der Waals surface area (Å²) in [7, 11) is 0. The maximum Gasteiger partial charge on any atom is 0.413 e. The Labute approximate surface area is 153 Å². The number of thioether (sulfide) groups is 1. The largest absolute Gasteiger partial charge is 0.444 e. The number of hydrogen-bond acceptors (Lipinski definition) is 4. The Morgan fingerprint density at radius 2 is 2.17 bits per heavy atom. The number of ether oxygens (including phenoxy) is 1. The summed E-state index contributed by atoms with van der Waals surface area (Å²) in [5.74, 6) is 0.468. The van der Waals surface area contributed by atoms with Crippen molar-refractivity contribution < 1.29 is 13.9 Å². The number of rotatable bonds is 1. The van der Waals surface area contributed by atoms with Crippen LogP contribution in [0.15, 0.2) is 23.2 Å². The summed E-state index contributed by atoms with van der Waals surface area (Å²) in [5.41, 5.74) is -0.719. The minimum Gasteiger partial charge on any atom is -0.444 e. The number of benzene rings is 1. The third-order valence-corrected chi connectivity index (χ3v) is 4.84. The third-order valence-electron chi connectivity index (χ3n) is 3.29. The predicted octanol–water partition coefficient (Wildman–Crippen LogP) is 4.66. The minimum absolute atomic E-state index is 0.278. The first-order chi connectivity index (χ1) is 10.6. The number of hydrogen-bond donors (Lipinski definition) is 1. The molecule has 1 heterocycles. The van der Waals surface area contributed by atoms with Gasteiger partial charge in [-0.1, -0.05) is 11.8 Å². The van der Waals surface area contributed by atoms with Gasteiger partial charge < -0.3 is 4.74 Å². The first-order valence-electron chi connectivity index (χ1n) is 7.27. The molecule has 1 atom stereocenters. The van der Waals surface area contributed by atoms with E-state index in [0.29, 0.717) is 17.2 Å². The number of carbonyl (C=O) groups is 1. The molecule has 1 aliphatic heterocycles. The molecule has 0 aromatic heterocycles. The van der Waals surface area contributed by atoms with E-state index in [1.54, 1.807) is 32.9 Å². The zero-order valence-electron chi connectivity index (χ0n) is 13.6. The third kappa shape index (κ3) is 5.07. The van der Waals surface area contributed by atoms with Crippen LogP contribution in [0.2, 0.25) is 0 Å². The van der Waals surface area contributed by atoms with Gasteiger partial charge in [0.15, 0.2) is 5.17 Å². The van der Waals surface area contributed by atoms with Crippen molar-refractivity contribution in [3.8, 4) is 0 Å². The van der Waals surface area contributed by atoms with E-state index < -0.39 is 17.2 Å². The van der Waals surface area contributed by atoms with E-state index in [2.05, 4.69) is 32.9 Å². The summed E-state index contributed by atoms with van der Waals surface area (Å²) >= 11 is 3.59. The highest BCUT2D eigenvalue weighted by atomic mass is 127. The average molecular weight is 450 g/mol. The fourth-order valence-corrected chi connectivity index (χ4v) is 3.82. The molecule has 1 N–H and O–H groups in total. The minimum atomic E-state index is -0.694. The molecule has 0 saturated heterocycles. The van der Waals surface area contributed by atoms with Gasteiger partial charge in [-0.05, 0) is 74.9 Å². The van der Waals surface area contributed by atoms with Gasteiger partial charge in [0.25, 0.3) is 0 Å². The van der Waals surface area contributed by atoms with E-state index in [1.165, 1.54) is 17.8 Å². The lowest BCUT2D eigenvalue weighted by Crippen LogP contribution is -2.38. The van der Waals surface area contributed by atoms with Crippen molar-refractivity contribution in [2.75, 3.05) is 5.75 Å². The van der Waals surface area contributed by atoms with Crippen LogP contribution in [0.4, 0.5) is 9.18 Å². The van der Waals surface area contributed by atoms with Crippen LogP contribution in [0.25, 0.3) is 0 Å². The zero-order valence-corrected chi connectivity index (χ0v) is 16.5. The van der Waals surface area contributed by atoms with Crippen molar-refractivity contribution in [3.05, 3.63) is 33.1 Å². The van der Waals surface area contributed by atoms with Crippen molar-refractivity contribution in [1.29, 1.82) is 0 Å². The number of amidine groups is 1. The molecule has 1 amide bonds. The number of halogens is 2. The highest BCUT2D eigenvalue weighted by Gasteiger charge is 2.33. The van der Waals surface area contributed by atoms with Gasteiger partial charge in [0.2, 0.25) is 0 Å². The summed E-state index contributed by atoms with van der Waals surface area (Å²) in [6.45, 7) is 7.29. The average Bonchev–Trinajstić information content (AvgIpc) is 2.39. The summed E-state index contributed by atoms with van der Waals surface area (Å²) in [6, 6.07) is 4.99. The Morgan fingerprint density at radius 3 is 2.83 bits per heavy atom. The van der Waals surface area contributed by atoms with Crippen LogP contribution in [-0.2, 0) is 10.3 Å². The maximum atomic E-state index is 14.2. The molecule has 0 aliphatic carbocycles. The van der Waals surface area contributed by atoms with E-state index in [9.17, 15) is 9.18 Å². The van der Waals surface area contributed by atoms with Crippen LogP contribution in [-0.4, -0.2) is 22.6 Å². The molecule has 0 fully saturated rings. The van der Waals surface area contributed by atoms with E-state index in [4.69, 9.17) is 4.74 Å². The van der Waals surface area contributed by atoms with E-state index in [0.717, 1.165) is 9.32 Å². The molecule has 4 nitrogen and oxygen atoms in total. The summed E-state index contributed by atoms with van der Waals surface area (Å²) in [5, 5.41) is 3.13. The van der Waals surface area contributed by atoms with Crippen LogP contribution in [0.5, 0.6) is 0 Å². The van der Waals surface area contributed by atoms with Gasteiger partial charge in [-0.25, -0.2) is 9.18 Å². The monoisotopic (exact) mass is 450 g/mol.